The van der Waals surface area contributed by atoms with Crippen LogP contribution in [0.3, 0.4) is 0 Å². The van der Waals surface area contributed by atoms with Gasteiger partial charge in [-0.1, -0.05) is 11.6 Å². The van der Waals surface area contributed by atoms with Crippen LogP contribution in [0.25, 0.3) is 0 Å². The quantitative estimate of drug-likeness (QED) is 0.614. The lowest BCUT2D eigenvalue weighted by Crippen LogP contribution is -2.06. The third kappa shape index (κ3) is 3.73. The Balaban J connectivity index is 2.75. The van der Waals surface area contributed by atoms with Gasteiger partial charge in [0.05, 0.1) is 12.2 Å². The molecule has 0 aliphatic heterocycles. The topological polar surface area (TPSA) is 68.7 Å². The first-order chi connectivity index (χ1) is 7.13. The summed E-state index contributed by atoms with van der Waals surface area (Å²) in [5.41, 5.74) is 0.0439. The number of rotatable bonds is 5. The molecule has 5 nitrogen and oxygen atoms in total. The Kier molecular flexibility index (Phi) is 4.33. The van der Waals surface area contributed by atoms with E-state index in [4.69, 9.17) is 26.2 Å². The van der Waals surface area contributed by atoms with Gasteiger partial charge in [0.1, 0.15) is 11.8 Å². The first-order valence-corrected chi connectivity index (χ1v) is 4.54. The molecule has 0 saturated carbocycles. The molecule has 15 heavy (non-hydrogen) atoms. The van der Waals surface area contributed by atoms with Crippen molar-refractivity contribution in [2.24, 2.45) is 0 Å². The fourth-order valence-corrected chi connectivity index (χ4v) is 1.10. The van der Waals surface area contributed by atoms with Crippen LogP contribution in [0.15, 0.2) is 12.1 Å². The van der Waals surface area contributed by atoms with E-state index < -0.39 is 5.97 Å². The fraction of sp³-hybridized carbons (Fsp3) is 0.333. The Hall–Kier alpha value is -1.33. The van der Waals surface area contributed by atoms with Crippen molar-refractivity contribution in [3.63, 3.8) is 0 Å². The maximum Gasteiger partial charge on any atom is 0.335 e. The summed E-state index contributed by atoms with van der Waals surface area (Å²) in [6.45, 7) is 0.694. The number of carboxylic acids is 1. The molecule has 0 unspecified atom stereocenters. The third-order valence-corrected chi connectivity index (χ3v) is 1.75. The summed E-state index contributed by atoms with van der Waals surface area (Å²) in [7, 11) is 1.54. The van der Waals surface area contributed by atoms with Gasteiger partial charge in [0.2, 0.25) is 5.88 Å². The highest BCUT2D eigenvalue weighted by Crippen LogP contribution is 2.16. The van der Waals surface area contributed by atoms with Crippen molar-refractivity contribution in [3.05, 3.63) is 22.8 Å². The van der Waals surface area contributed by atoms with Crippen molar-refractivity contribution in [1.82, 2.24) is 4.98 Å². The molecule has 1 rings (SSSR count). The van der Waals surface area contributed by atoms with Crippen molar-refractivity contribution in [3.8, 4) is 5.88 Å². The van der Waals surface area contributed by atoms with Crippen LogP contribution in [0.1, 0.15) is 10.4 Å². The number of pyridine rings is 1. The van der Waals surface area contributed by atoms with E-state index in [2.05, 4.69) is 4.98 Å². The number of halogens is 1. The smallest absolute Gasteiger partial charge is 0.335 e. The van der Waals surface area contributed by atoms with E-state index in [0.717, 1.165) is 0 Å². The first kappa shape index (κ1) is 11.7. The summed E-state index contributed by atoms with van der Waals surface area (Å²) >= 11 is 5.62. The van der Waals surface area contributed by atoms with Gasteiger partial charge in [-0.3, -0.25) is 0 Å². The van der Waals surface area contributed by atoms with Gasteiger partial charge in [0.15, 0.2) is 0 Å². The predicted molar refractivity (Wildman–Crippen MR) is 53.6 cm³/mol. The van der Waals surface area contributed by atoms with Gasteiger partial charge < -0.3 is 14.6 Å². The van der Waals surface area contributed by atoms with Gasteiger partial charge in [-0.25, -0.2) is 9.78 Å². The number of nitrogens with zero attached hydrogens (tertiary/aromatic N) is 1. The van der Waals surface area contributed by atoms with Gasteiger partial charge in [-0.05, 0) is 6.07 Å². The van der Waals surface area contributed by atoms with Crippen molar-refractivity contribution >= 4 is 17.6 Å². The van der Waals surface area contributed by atoms with E-state index in [0.29, 0.717) is 13.2 Å². The molecule has 1 heterocycles. The van der Waals surface area contributed by atoms with E-state index >= 15 is 0 Å². The highest BCUT2D eigenvalue weighted by molar-refractivity contribution is 6.29. The molecule has 0 amide bonds. The predicted octanol–water partition coefficient (Wildman–Crippen LogP) is 1.46. The molecule has 6 heteroatoms. The molecule has 82 valence electrons. The molecule has 0 aliphatic rings. The second kappa shape index (κ2) is 5.53. The average molecular weight is 232 g/mol. The fourth-order valence-electron chi connectivity index (χ4n) is 0.900. The second-order valence-corrected chi connectivity index (χ2v) is 3.05. The Labute approximate surface area is 91.6 Å². The number of carboxylic acid groups (broad SMARTS) is 1. The van der Waals surface area contributed by atoms with Gasteiger partial charge >= 0.3 is 5.97 Å². The lowest BCUT2D eigenvalue weighted by atomic mass is 10.3. The van der Waals surface area contributed by atoms with Crippen molar-refractivity contribution < 1.29 is 19.4 Å². The van der Waals surface area contributed by atoms with E-state index in [1.54, 1.807) is 0 Å². The number of carbonyl (C=O) groups is 1. The number of aromatic carboxylic acids is 1. The molecule has 0 saturated heterocycles. The number of aromatic nitrogens is 1. The molecule has 0 fully saturated rings. The summed E-state index contributed by atoms with van der Waals surface area (Å²) in [5, 5.41) is 8.82. The lowest BCUT2D eigenvalue weighted by Gasteiger charge is -2.05. The Morgan fingerprint density at radius 2 is 2.27 bits per heavy atom. The van der Waals surface area contributed by atoms with Crippen LogP contribution >= 0.6 is 11.6 Å². The number of methoxy groups -OCH3 is 1. The molecule has 0 atom stereocenters. The zero-order chi connectivity index (χ0) is 11.3. The molecule has 0 bridgehead atoms. The maximum atomic E-state index is 10.7. The minimum atomic E-state index is -1.07. The highest BCUT2D eigenvalue weighted by Gasteiger charge is 2.07. The van der Waals surface area contributed by atoms with Crippen LogP contribution in [0, 0.1) is 0 Å². The monoisotopic (exact) mass is 231 g/mol. The minimum absolute atomic E-state index is 0.0439. The van der Waals surface area contributed by atoms with Crippen molar-refractivity contribution in [2.75, 3.05) is 20.3 Å². The lowest BCUT2D eigenvalue weighted by molar-refractivity contribution is 0.0696. The zero-order valence-electron chi connectivity index (χ0n) is 8.07. The van der Waals surface area contributed by atoms with Gasteiger partial charge in [0, 0.05) is 13.2 Å². The minimum Gasteiger partial charge on any atom is -0.478 e. The first-order valence-electron chi connectivity index (χ1n) is 4.16. The van der Waals surface area contributed by atoms with Crippen LogP contribution in [0.4, 0.5) is 0 Å². The average Bonchev–Trinajstić information content (AvgIpc) is 2.17. The largest absolute Gasteiger partial charge is 0.478 e. The molecule has 1 aromatic rings. The maximum absolute atomic E-state index is 10.7. The number of hydrogen-bond acceptors (Lipinski definition) is 4. The Morgan fingerprint density at radius 3 is 2.87 bits per heavy atom. The SMILES string of the molecule is COCCOc1cc(C(=O)O)cc(Cl)n1. The van der Waals surface area contributed by atoms with E-state index in [9.17, 15) is 4.79 Å². The number of ether oxygens (including phenoxy) is 2. The molecular formula is C9H10ClNO4. The van der Waals surface area contributed by atoms with Crippen LogP contribution in [0.2, 0.25) is 5.15 Å². The zero-order valence-corrected chi connectivity index (χ0v) is 8.82. The van der Waals surface area contributed by atoms with Crippen LogP contribution < -0.4 is 4.74 Å². The third-order valence-electron chi connectivity index (χ3n) is 1.55. The van der Waals surface area contributed by atoms with Crippen molar-refractivity contribution in [1.29, 1.82) is 0 Å². The summed E-state index contributed by atoms with van der Waals surface area (Å²) < 4.78 is 9.90. The summed E-state index contributed by atoms with van der Waals surface area (Å²) in [6, 6.07) is 2.57. The molecular weight excluding hydrogens is 222 g/mol. The highest BCUT2D eigenvalue weighted by atomic mass is 35.5. The molecule has 1 aromatic heterocycles. The van der Waals surface area contributed by atoms with Crippen LogP contribution in [-0.4, -0.2) is 36.4 Å². The Morgan fingerprint density at radius 1 is 1.53 bits per heavy atom. The van der Waals surface area contributed by atoms with Crippen LogP contribution in [0.5, 0.6) is 5.88 Å². The Bertz CT molecular complexity index is 356. The normalized spacial score (nSPS) is 10.0. The van der Waals surface area contributed by atoms with Crippen LogP contribution in [-0.2, 0) is 4.74 Å². The molecule has 1 N–H and O–H groups in total. The van der Waals surface area contributed by atoms with E-state index in [-0.39, 0.29) is 16.6 Å². The molecule has 0 aliphatic carbocycles. The summed E-state index contributed by atoms with van der Waals surface area (Å²) in [6.07, 6.45) is 0. The van der Waals surface area contributed by atoms with E-state index in [1.807, 2.05) is 0 Å². The van der Waals surface area contributed by atoms with Gasteiger partial charge in [0.25, 0.3) is 0 Å². The van der Waals surface area contributed by atoms with Gasteiger partial charge in [-0.15, -0.1) is 0 Å². The number of hydrogen-bond donors (Lipinski definition) is 1. The van der Waals surface area contributed by atoms with E-state index in [1.165, 1.54) is 19.2 Å². The summed E-state index contributed by atoms with van der Waals surface area (Å²) in [4.78, 5) is 14.5. The standard InChI is InChI=1S/C9H10ClNO4/c1-14-2-3-15-8-5-6(9(12)13)4-7(10)11-8/h4-5H,2-3H2,1H3,(H,12,13). The summed E-state index contributed by atoms with van der Waals surface area (Å²) in [5.74, 6) is -0.896. The second-order valence-electron chi connectivity index (χ2n) is 2.66. The van der Waals surface area contributed by atoms with Crippen molar-refractivity contribution in [2.45, 2.75) is 0 Å². The molecule has 0 radical (unpaired) electrons. The van der Waals surface area contributed by atoms with Gasteiger partial charge in [-0.2, -0.15) is 0 Å². The molecule has 0 spiro atoms. The molecule has 0 aromatic carbocycles.